The Morgan fingerprint density at radius 2 is 0.964 bits per heavy atom. The Bertz CT molecular complexity index is 1000. The van der Waals surface area contributed by atoms with Crippen LogP contribution in [-0.4, -0.2) is 18.2 Å². The third kappa shape index (κ3) is 6.26. The first-order valence-electron chi connectivity index (χ1n) is 8.23. The summed E-state index contributed by atoms with van der Waals surface area (Å²) in [6, 6.07) is 23.5. The zero-order valence-corrected chi connectivity index (χ0v) is 14.8. The summed E-state index contributed by atoms with van der Waals surface area (Å²) in [5, 5.41) is 0. The van der Waals surface area contributed by atoms with Crippen molar-refractivity contribution >= 4 is 35.3 Å². The summed E-state index contributed by atoms with van der Waals surface area (Å²) in [4.78, 5) is 41.2. The van der Waals surface area contributed by atoms with Gasteiger partial charge in [-0.15, -0.1) is 0 Å². The van der Waals surface area contributed by atoms with E-state index in [1.54, 1.807) is 36.4 Å². The molecule has 0 aliphatic heterocycles. The summed E-state index contributed by atoms with van der Waals surface area (Å²) in [6.45, 7) is 0. The molecule has 3 aromatic rings. The average molecular weight is 369 g/mol. The van der Waals surface area contributed by atoms with Gasteiger partial charge in [0, 0.05) is 6.42 Å². The summed E-state index contributed by atoms with van der Waals surface area (Å²) < 4.78 is 0. The molecule has 0 aliphatic carbocycles. The fourth-order valence-electron chi connectivity index (χ4n) is 2.40. The number of hydrogen-bond donors (Lipinski definition) is 0. The van der Waals surface area contributed by atoms with Crippen molar-refractivity contribution in [2.75, 3.05) is 0 Å². The van der Waals surface area contributed by atoms with Gasteiger partial charge in [0.1, 0.15) is 0 Å². The summed E-state index contributed by atoms with van der Waals surface area (Å²) in [5.74, 6) is 0. The molecule has 0 heterocycles. The first kappa shape index (κ1) is 20.1. The number of isocyanates is 3. The second kappa shape index (κ2) is 11.4. The van der Waals surface area contributed by atoms with Gasteiger partial charge in [-0.2, -0.15) is 15.0 Å². The lowest BCUT2D eigenvalue weighted by molar-refractivity contribution is 0.564. The largest absolute Gasteiger partial charge is 0.240 e. The Labute approximate surface area is 161 Å². The number of para-hydroxylation sites is 3. The van der Waals surface area contributed by atoms with E-state index in [1.165, 1.54) is 18.2 Å². The number of nitrogens with zero attached hydrogens (tertiary/aromatic N) is 3. The minimum absolute atomic E-state index is 0.530. The van der Waals surface area contributed by atoms with Gasteiger partial charge in [0.25, 0.3) is 0 Å². The molecule has 0 unspecified atom stereocenters. The highest BCUT2D eigenvalue weighted by Gasteiger charge is 2.05. The second-order valence-corrected chi connectivity index (χ2v) is 5.38. The summed E-state index contributed by atoms with van der Waals surface area (Å²) >= 11 is 0. The molecule has 0 atom stereocenters. The van der Waals surface area contributed by atoms with Gasteiger partial charge in [0.2, 0.25) is 18.2 Å². The van der Waals surface area contributed by atoms with Crippen LogP contribution >= 0.6 is 0 Å². The van der Waals surface area contributed by atoms with E-state index >= 15 is 0 Å². The summed E-state index contributed by atoms with van der Waals surface area (Å²) in [7, 11) is 0. The van der Waals surface area contributed by atoms with E-state index in [0.29, 0.717) is 23.5 Å². The Hall–Kier alpha value is -4.20. The van der Waals surface area contributed by atoms with Crippen LogP contribution in [-0.2, 0) is 20.8 Å². The fraction of sp³-hybridized carbons (Fsp3) is 0.0455. The summed E-state index contributed by atoms with van der Waals surface area (Å²) in [6.07, 6.45) is 5.07. The molecule has 0 aromatic heterocycles. The molecular weight excluding hydrogens is 354 g/mol. The van der Waals surface area contributed by atoms with E-state index in [2.05, 4.69) is 15.0 Å². The first-order valence-corrected chi connectivity index (χ1v) is 8.23. The van der Waals surface area contributed by atoms with E-state index in [4.69, 9.17) is 0 Å². The lowest BCUT2D eigenvalue weighted by Crippen LogP contribution is -1.89. The fourth-order valence-corrected chi connectivity index (χ4v) is 2.40. The number of benzene rings is 3. The van der Waals surface area contributed by atoms with E-state index in [0.717, 1.165) is 11.1 Å². The molecule has 0 saturated heterocycles. The molecule has 0 N–H and O–H groups in total. The molecule has 3 aromatic carbocycles. The van der Waals surface area contributed by atoms with Crippen LogP contribution in [0.15, 0.2) is 93.8 Å². The van der Waals surface area contributed by atoms with Crippen molar-refractivity contribution in [2.45, 2.75) is 6.42 Å². The monoisotopic (exact) mass is 369 g/mol. The highest BCUT2D eigenvalue weighted by molar-refractivity contribution is 5.59. The molecule has 3 rings (SSSR count). The normalized spacial score (nSPS) is 8.86. The van der Waals surface area contributed by atoms with Gasteiger partial charge < -0.3 is 0 Å². The Kier molecular flexibility index (Phi) is 8.21. The minimum atomic E-state index is 0.530. The van der Waals surface area contributed by atoms with Crippen molar-refractivity contribution in [1.29, 1.82) is 0 Å². The molecule has 6 heteroatoms. The van der Waals surface area contributed by atoms with Crippen molar-refractivity contribution in [3.05, 3.63) is 90.0 Å². The number of carbonyl (C=O) groups excluding carboxylic acids is 3. The maximum absolute atomic E-state index is 10.4. The average Bonchev–Trinajstić information content (AvgIpc) is 2.73. The van der Waals surface area contributed by atoms with Crippen LogP contribution in [0.4, 0.5) is 17.1 Å². The van der Waals surface area contributed by atoms with Gasteiger partial charge in [-0.1, -0.05) is 54.6 Å². The smallest absolute Gasteiger partial charge is 0.211 e. The van der Waals surface area contributed by atoms with Crippen LogP contribution < -0.4 is 0 Å². The highest BCUT2D eigenvalue weighted by atomic mass is 16.1. The highest BCUT2D eigenvalue weighted by Crippen LogP contribution is 2.26. The van der Waals surface area contributed by atoms with Gasteiger partial charge >= 0.3 is 0 Å². The third-order valence-electron chi connectivity index (χ3n) is 3.63. The SMILES string of the molecule is O=C=Nc1ccccc1.O=C=Nc1ccccc1Cc1ccccc1N=C=O. The molecule has 6 nitrogen and oxygen atoms in total. The van der Waals surface area contributed by atoms with Crippen molar-refractivity contribution < 1.29 is 14.4 Å². The van der Waals surface area contributed by atoms with Gasteiger partial charge in [0.15, 0.2) is 0 Å². The zero-order chi connectivity index (χ0) is 20.0. The molecule has 0 fully saturated rings. The van der Waals surface area contributed by atoms with Crippen LogP contribution in [0.25, 0.3) is 0 Å². The van der Waals surface area contributed by atoms with Gasteiger partial charge in [0.05, 0.1) is 17.1 Å². The molecule has 0 aliphatic rings. The van der Waals surface area contributed by atoms with Crippen LogP contribution in [0.3, 0.4) is 0 Å². The molecule has 0 saturated carbocycles. The Morgan fingerprint density at radius 3 is 1.43 bits per heavy atom. The molecular formula is C22H15N3O3. The van der Waals surface area contributed by atoms with E-state index in [-0.39, 0.29) is 0 Å². The number of rotatable bonds is 5. The van der Waals surface area contributed by atoms with Crippen molar-refractivity contribution in [2.24, 2.45) is 15.0 Å². The van der Waals surface area contributed by atoms with E-state index < -0.39 is 0 Å². The third-order valence-corrected chi connectivity index (χ3v) is 3.63. The Morgan fingerprint density at radius 1 is 0.536 bits per heavy atom. The maximum atomic E-state index is 10.4. The number of hydrogen-bond acceptors (Lipinski definition) is 6. The predicted octanol–water partition coefficient (Wildman–Crippen LogP) is 4.87. The van der Waals surface area contributed by atoms with Crippen molar-refractivity contribution in [3.8, 4) is 0 Å². The quantitative estimate of drug-likeness (QED) is 0.475. The molecule has 0 radical (unpaired) electrons. The molecule has 0 bridgehead atoms. The van der Waals surface area contributed by atoms with Crippen LogP contribution in [0, 0.1) is 0 Å². The first-order chi connectivity index (χ1) is 13.8. The van der Waals surface area contributed by atoms with E-state index in [9.17, 15) is 14.4 Å². The van der Waals surface area contributed by atoms with Crippen molar-refractivity contribution in [3.63, 3.8) is 0 Å². The minimum Gasteiger partial charge on any atom is -0.211 e. The standard InChI is InChI=1S/C15H10N2O2.C7H5NO/c18-10-16-14-7-3-1-5-12(14)9-13-6-2-4-8-15(13)17-11-19;9-6-8-7-4-2-1-3-5-7/h1-8H,9H2;1-5H. The summed E-state index contributed by atoms with van der Waals surface area (Å²) in [5.41, 5.74) is 3.54. The zero-order valence-electron chi connectivity index (χ0n) is 14.8. The van der Waals surface area contributed by atoms with Crippen LogP contribution in [0.2, 0.25) is 0 Å². The van der Waals surface area contributed by atoms with Crippen LogP contribution in [0.1, 0.15) is 11.1 Å². The van der Waals surface area contributed by atoms with Gasteiger partial charge in [-0.3, -0.25) is 0 Å². The lowest BCUT2D eigenvalue weighted by Gasteiger charge is -2.06. The van der Waals surface area contributed by atoms with Crippen molar-refractivity contribution in [1.82, 2.24) is 0 Å². The lowest BCUT2D eigenvalue weighted by atomic mass is 10.0. The predicted molar refractivity (Wildman–Crippen MR) is 105 cm³/mol. The van der Waals surface area contributed by atoms with Gasteiger partial charge in [-0.05, 0) is 35.4 Å². The second-order valence-electron chi connectivity index (χ2n) is 5.38. The molecule has 0 spiro atoms. The maximum Gasteiger partial charge on any atom is 0.240 e. The van der Waals surface area contributed by atoms with Gasteiger partial charge in [-0.25, -0.2) is 14.4 Å². The number of aliphatic imine (C=N–C) groups is 3. The van der Waals surface area contributed by atoms with Crippen LogP contribution in [0.5, 0.6) is 0 Å². The molecule has 28 heavy (non-hydrogen) atoms. The van der Waals surface area contributed by atoms with E-state index in [1.807, 2.05) is 42.5 Å². The topological polar surface area (TPSA) is 88.3 Å². The molecule has 0 amide bonds. The Balaban J connectivity index is 0.000000261. The molecule has 136 valence electrons.